The summed E-state index contributed by atoms with van der Waals surface area (Å²) in [4.78, 5) is 0. The van der Waals surface area contributed by atoms with Crippen molar-refractivity contribution in [2.45, 2.75) is 58.4 Å². The Morgan fingerprint density at radius 2 is 2.00 bits per heavy atom. The zero-order valence-electron chi connectivity index (χ0n) is 9.65. The van der Waals surface area contributed by atoms with Gasteiger partial charge in [-0.1, -0.05) is 38.5 Å². The van der Waals surface area contributed by atoms with Crippen LogP contribution in [0, 0.1) is 5.92 Å². The fourth-order valence-corrected chi connectivity index (χ4v) is 2.53. The molecule has 3 nitrogen and oxygen atoms in total. The number of aryl methyl sites for hydroxylation is 1. The first-order chi connectivity index (χ1) is 7.40. The number of rotatable bonds is 3. The summed E-state index contributed by atoms with van der Waals surface area (Å²) in [6.07, 6.45) is 11.4. The van der Waals surface area contributed by atoms with Gasteiger partial charge in [0, 0.05) is 13.0 Å². The highest BCUT2D eigenvalue weighted by atomic mass is 15.3. The maximum atomic E-state index is 4.22. The Morgan fingerprint density at radius 3 is 2.67 bits per heavy atom. The Bertz CT molecular complexity index is 285. The van der Waals surface area contributed by atoms with Crippen LogP contribution in [0.4, 0.5) is 0 Å². The first-order valence-electron chi connectivity index (χ1n) is 6.27. The van der Waals surface area contributed by atoms with Crippen molar-refractivity contribution < 1.29 is 0 Å². The fourth-order valence-electron chi connectivity index (χ4n) is 2.53. The number of hydrogen-bond donors (Lipinski definition) is 0. The summed E-state index contributed by atoms with van der Waals surface area (Å²) in [7, 11) is 0. The van der Waals surface area contributed by atoms with E-state index < -0.39 is 0 Å². The summed E-state index contributed by atoms with van der Waals surface area (Å²) in [5.41, 5.74) is 0. The molecule has 0 bridgehead atoms. The quantitative estimate of drug-likeness (QED) is 0.713. The molecular weight excluding hydrogens is 186 g/mol. The highest BCUT2D eigenvalue weighted by molar-refractivity contribution is 4.88. The highest BCUT2D eigenvalue weighted by Gasteiger charge is 2.15. The van der Waals surface area contributed by atoms with Gasteiger partial charge in [0.2, 0.25) is 0 Å². The summed E-state index contributed by atoms with van der Waals surface area (Å²) >= 11 is 0. The third kappa shape index (κ3) is 2.80. The molecule has 0 aliphatic heterocycles. The molecule has 3 heteroatoms. The molecule has 0 aromatic carbocycles. The van der Waals surface area contributed by atoms with E-state index >= 15 is 0 Å². The predicted octanol–water partition coefficient (Wildman–Crippen LogP) is 2.81. The molecule has 15 heavy (non-hydrogen) atoms. The van der Waals surface area contributed by atoms with Crippen LogP contribution in [0.5, 0.6) is 0 Å². The Labute approximate surface area is 91.9 Å². The van der Waals surface area contributed by atoms with Crippen LogP contribution in [0.3, 0.4) is 0 Å². The zero-order valence-corrected chi connectivity index (χ0v) is 9.65. The van der Waals surface area contributed by atoms with Gasteiger partial charge in [0.1, 0.15) is 12.2 Å². The molecule has 0 amide bonds. The van der Waals surface area contributed by atoms with E-state index in [1.807, 2.05) is 6.33 Å². The van der Waals surface area contributed by atoms with Crippen LogP contribution in [0.15, 0.2) is 6.33 Å². The van der Waals surface area contributed by atoms with Crippen molar-refractivity contribution in [1.29, 1.82) is 0 Å². The summed E-state index contributed by atoms with van der Waals surface area (Å²) in [6.45, 7) is 3.15. The number of aromatic nitrogens is 3. The van der Waals surface area contributed by atoms with Crippen LogP contribution in [0.25, 0.3) is 0 Å². The summed E-state index contributed by atoms with van der Waals surface area (Å²) in [5.74, 6) is 2.03. The third-order valence-corrected chi connectivity index (χ3v) is 3.48. The lowest BCUT2D eigenvalue weighted by molar-refractivity contribution is 0.439. The standard InChI is InChI=1S/C12H21N3/c1-2-15-10-13-14-12(15)9-11-7-5-3-4-6-8-11/h10-11H,2-9H2,1H3. The molecule has 0 spiro atoms. The lowest BCUT2D eigenvalue weighted by atomic mass is 9.96. The van der Waals surface area contributed by atoms with E-state index in [1.54, 1.807) is 0 Å². The van der Waals surface area contributed by atoms with Gasteiger partial charge in [-0.25, -0.2) is 0 Å². The van der Waals surface area contributed by atoms with Gasteiger partial charge in [0.05, 0.1) is 0 Å². The molecule has 0 saturated heterocycles. The van der Waals surface area contributed by atoms with E-state index in [1.165, 1.54) is 44.3 Å². The van der Waals surface area contributed by atoms with Crippen molar-refractivity contribution in [1.82, 2.24) is 14.8 Å². The van der Waals surface area contributed by atoms with Gasteiger partial charge in [-0.3, -0.25) is 0 Å². The predicted molar refractivity (Wildman–Crippen MR) is 60.6 cm³/mol. The molecule has 1 aromatic heterocycles. The van der Waals surface area contributed by atoms with Gasteiger partial charge in [-0.05, 0) is 12.8 Å². The number of nitrogens with zero attached hydrogens (tertiary/aromatic N) is 3. The van der Waals surface area contributed by atoms with E-state index in [9.17, 15) is 0 Å². The molecule has 2 rings (SSSR count). The molecule has 1 aliphatic rings. The Kier molecular flexibility index (Phi) is 3.75. The SMILES string of the molecule is CCn1cnnc1CC1CCCCCC1. The normalized spacial score (nSPS) is 19.0. The molecule has 0 radical (unpaired) electrons. The zero-order chi connectivity index (χ0) is 10.5. The van der Waals surface area contributed by atoms with Crippen LogP contribution in [-0.4, -0.2) is 14.8 Å². The van der Waals surface area contributed by atoms with Gasteiger partial charge >= 0.3 is 0 Å². The van der Waals surface area contributed by atoms with E-state index in [0.717, 1.165) is 18.9 Å². The molecule has 84 valence electrons. The van der Waals surface area contributed by atoms with Crippen molar-refractivity contribution in [2.24, 2.45) is 5.92 Å². The minimum Gasteiger partial charge on any atom is -0.318 e. The van der Waals surface area contributed by atoms with Crippen LogP contribution in [0.2, 0.25) is 0 Å². The molecule has 1 heterocycles. The molecule has 1 aromatic rings. The minimum absolute atomic E-state index is 0.849. The lowest BCUT2D eigenvalue weighted by Crippen LogP contribution is -2.09. The molecule has 1 saturated carbocycles. The smallest absolute Gasteiger partial charge is 0.133 e. The van der Waals surface area contributed by atoms with Crippen LogP contribution in [-0.2, 0) is 13.0 Å². The van der Waals surface area contributed by atoms with Gasteiger partial charge in [0.15, 0.2) is 0 Å². The molecule has 1 fully saturated rings. The van der Waals surface area contributed by atoms with Crippen LogP contribution in [0.1, 0.15) is 51.3 Å². The minimum atomic E-state index is 0.849. The van der Waals surface area contributed by atoms with Gasteiger partial charge in [-0.15, -0.1) is 10.2 Å². The largest absolute Gasteiger partial charge is 0.318 e. The fraction of sp³-hybridized carbons (Fsp3) is 0.833. The molecule has 0 N–H and O–H groups in total. The molecule has 1 aliphatic carbocycles. The Hall–Kier alpha value is -0.860. The second-order valence-electron chi connectivity index (χ2n) is 4.59. The molecule has 0 atom stereocenters. The lowest BCUT2D eigenvalue weighted by Gasteiger charge is -2.13. The second-order valence-corrected chi connectivity index (χ2v) is 4.59. The van der Waals surface area contributed by atoms with Crippen molar-refractivity contribution in [3.8, 4) is 0 Å². The average molecular weight is 207 g/mol. The molecular formula is C12H21N3. The average Bonchev–Trinajstić information content (AvgIpc) is 2.53. The third-order valence-electron chi connectivity index (χ3n) is 3.48. The second kappa shape index (κ2) is 5.29. The summed E-state index contributed by atoms with van der Waals surface area (Å²) < 4.78 is 2.17. The van der Waals surface area contributed by atoms with Gasteiger partial charge in [-0.2, -0.15) is 0 Å². The van der Waals surface area contributed by atoms with E-state index in [0.29, 0.717) is 0 Å². The van der Waals surface area contributed by atoms with E-state index in [-0.39, 0.29) is 0 Å². The number of hydrogen-bond acceptors (Lipinski definition) is 2. The summed E-state index contributed by atoms with van der Waals surface area (Å²) in [6, 6.07) is 0. The highest BCUT2D eigenvalue weighted by Crippen LogP contribution is 2.25. The topological polar surface area (TPSA) is 30.7 Å². The first-order valence-corrected chi connectivity index (χ1v) is 6.27. The van der Waals surface area contributed by atoms with E-state index in [4.69, 9.17) is 0 Å². The summed E-state index contributed by atoms with van der Waals surface area (Å²) in [5, 5.41) is 8.22. The maximum absolute atomic E-state index is 4.22. The van der Waals surface area contributed by atoms with Crippen molar-refractivity contribution in [2.75, 3.05) is 0 Å². The Morgan fingerprint density at radius 1 is 1.27 bits per heavy atom. The van der Waals surface area contributed by atoms with Crippen molar-refractivity contribution >= 4 is 0 Å². The van der Waals surface area contributed by atoms with Gasteiger partial charge in [0.25, 0.3) is 0 Å². The monoisotopic (exact) mass is 207 g/mol. The molecule has 0 unspecified atom stereocenters. The Balaban J connectivity index is 1.94. The van der Waals surface area contributed by atoms with Crippen molar-refractivity contribution in [3.63, 3.8) is 0 Å². The first kappa shape index (κ1) is 10.7. The van der Waals surface area contributed by atoms with Gasteiger partial charge < -0.3 is 4.57 Å². The van der Waals surface area contributed by atoms with Crippen LogP contribution < -0.4 is 0 Å². The van der Waals surface area contributed by atoms with Crippen LogP contribution >= 0.6 is 0 Å². The maximum Gasteiger partial charge on any atom is 0.133 e. The van der Waals surface area contributed by atoms with Crippen molar-refractivity contribution in [3.05, 3.63) is 12.2 Å². The van der Waals surface area contributed by atoms with E-state index in [2.05, 4.69) is 21.7 Å².